The lowest BCUT2D eigenvalue weighted by Gasteiger charge is -2.22. The maximum absolute atomic E-state index is 11.9. The summed E-state index contributed by atoms with van der Waals surface area (Å²) in [4.78, 5) is 26.8. The van der Waals surface area contributed by atoms with Crippen molar-refractivity contribution in [3.8, 4) is 0 Å². The predicted molar refractivity (Wildman–Crippen MR) is 62.9 cm³/mol. The van der Waals surface area contributed by atoms with Crippen LogP contribution in [0.15, 0.2) is 0 Å². The van der Waals surface area contributed by atoms with Crippen LogP contribution in [0, 0.1) is 5.92 Å². The van der Waals surface area contributed by atoms with E-state index >= 15 is 0 Å². The van der Waals surface area contributed by atoms with E-state index in [0.29, 0.717) is 25.4 Å². The maximum atomic E-state index is 11.9. The third-order valence-corrected chi connectivity index (χ3v) is 2.88. The summed E-state index contributed by atoms with van der Waals surface area (Å²) in [6.07, 6.45) is 1.50. The van der Waals surface area contributed by atoms with Gasteiger partial charge in [0.05, 0.1) is 0 Å². The van der Waals surface area contributed by atoms with Crippen LogP contribution in [0.3, 0.4) is 0 Å². The number of hydrogen-bond donors (Lipinski definition) is 0. The molecule has 1 fully saturated rings. The first kappa shape index (κ1) is 13.0. The summed E-state index contributed by atoms with van der Waals surface area (Å²) in [7, 11) is 0. The van der Waals surface area contributed by atoms with Crippen LogP contribution in [0.1, 0.15) is 33.6 Å². The largest absolute Gasteiger partial charge is 0.341 e. The van der Waals surface area contributed by atoms with E-state index in [1.807, 2.05) is 9.80 Å². The van der Waals surface area contributed by atoms with Crippen LogP contribution in [-0.2, 0) is 9.59 Å². The molecule has 1 aliphatic heterocycles. The summed E-state index contributed by atoms with van der Waals surface area (Å²) in [6.45, 7) is 8.63. The highest BCUT2D eigenvalue weighted by molar-refractivity contribution is 5.77. The van der Waals surface area contributed by atoms with Gasteiger partial charge in [-0.1, -0.05) is 13.8 Å². The van der Waals surface area contributed by atoms with Crippen molar-refractivity contribution < 1.29 is 9.59 Å². The lowest BCUT2D eigenvalue weighted by Crippen LogP contribution is -2.36. The molecule has 4 nitrogen and oxygen atoms in total. The number of hydrogen-bond acceptors (Lipinski definition) is 2. The average Bonchev–Trinajstić information content (AvgIpc) is 2.41. The Bertz CT molecular complexity index is 264. The van der Waals surface area contributed by atoms with Gasteiger partial charge in [0.25, 0.3) is 0 Å². The van der Waals surface area contributed by atoms with Gasteiger partial charge in [0.1, 0.15) is 0 Å². The molecule has 0 spiro atoms. The summed E-state index contributed by atoms with van der Waals surface area (Å²) in [5.41, 5.74) is 0. The smallest absolute Gasteiger partial charge is 0.222 e. The Balaban J connectivity index is 2.46. The highest BCUT2D eigenvalue weighted by atomic mass is 16.2. The van der Waals surface area contributed by atoms with Gasteiger partial charge in [-0.3, -0.25) is 9.59 Å². The molecule has 0 aliphatic carbocycles. The van der Waals surface area contributed by atoms with Crippen molar-refractivity contribution >= 4 is 11.8 Å². The van der Waals surface area contributed by atoms with Crippen LogP contribution < -0.4 is 0 Å². The van der Waals surface area contributed by atoms with Gasteiger partial charge in [-0.05, 0) is 12.3 Å². The Morgan fingerprint density at radius 2 is 1.62 bits per heavy atom. The van der Waals surface area contributed by atoms with E-state index in [4.69, 9.17) is 0 Å². The van der Waals surface area contributed by atoms with Crippen LogP contribution in [0.4, 0.5) is 0 Å². The molecule has 0 aromatic carbocycles. The highest BCUT2D eigenvalue weighted by Gasteiger charge is 2.20. The Kier molecular flexibility index (Phi) is 4.77. The van der Waals surface area contributed by atoms with Gasteiger partial charge in [-0.25, -0.2) is 0 Å². The van der Waals surface area contributed by atoms with Crippen molar-refractivity contribution in [1.82, 2.24) is 9.80 Å². The first-order valence-corrected chi connectivity index (χ1v) is 6.04. The molecule has 2 amide bonds. The lowest BCUT2D eigenvalue weighted by molar-refractivity contribution is -0.133. The van der Waals surface area contributed by atoms with Crippen molar-refractivity contribution in [2.75, 3.05) is 26.2 Å². The van der Waals surface area contributed by atoms with Crippen LogP contribution in [-0.4, -0.2) is 47.8 Å². The topological polar surface area (TPSA) is 40.6 Å². The third-order valence-electron chi connectivity index (χ3n) is 2.88. The molecule has 1 aliphatic rings. The molecule has 16 heavy (non-hydrogen) atoms. The molecule has 0 atom stereocenters. The molecule has 0 aromatic rings. The van der Waals surface area contributed by atoms with Gasteiger partial charge in [0.15, 0.2) is 0 Å². The molecule has 0 bridgehead atoms. The van der Waals surface area contributed by atoms with Gasteiger partial charge < -0.3 is 9.80 Å². The predicted octanol–water partition coefficient (Wildman–Crippen LogP) is 1.11. The fourth-order valence-electron chi connectivity index (χ4n) is 1.96. The zero-order chi connectivity index (χ0) is 12.1. The molecular formula is C12H22N2O2. The fraction of sp³-hybridized carbons (Fsp3) is 0.833. The molecule has 0 unspecified atom stereocenters. The lowest BCUT2D eigenvalue weighted by atomic mass is 10.1. The van der Waals surface area contributed by atoms with Crippen LogP contribution in [0.5, 0.6) is 0 Å². The molecule has 0 radical (unpaired) electrons. The Labute approximate surface area is 97.6 Å². The molecule has 1 rings (SSSR count). The van der Waals surface area contributed by atoms with Gasteiger partial charge in [-0.2, -0.15) is 0 Å². The van der Waals surface area contributed by atoms with Crippen molar-refractivity contribution in [1.29, 1.82) is 0 Å². The summed E-state index contributed by atoms with van der Waals surface area (Å²) >= 11 is 0. The normalized spacial score (nSPS) is 17.5. The van der Waals surface area contributed by atoms with Crippen molar-refractivity contribution in [3.05, 3.63) is 0 Å². The Morgan fingerprint density at radius 1 is 1.06 bits per heavy atom. The monoisotopic (exact) mass is 226 g/mol. The Morgan fingerprint density at radius 3 is 2.19 bits per heavy atom. The number of carbonyl (C=O) groups excluding carboxylic acids is 2. The summed E-state index contributed by atoms with van der Waals surface area (Å²) in [5, 5.41) is 0. The van der Waals surface area contributed by atoms with Crippen molar-refractivity contribution in [2.24, 2.45) is 5.92 Å². The van der Waals surface area contributed by atoms with E-state index in [-0.39, 0.29) is 11.8 Å². The molecule has 0 saturated carbocycles. The second-order valence-electron chi connectivity index (χ2n) is 4.84. The molecule has 0 N–H and O–H groups in total. The molecular weight excluding hydrogens is 204 g/mol. The average molecular weight is 226 g/mol. The summed E-state index contributed by atoms with van der Waals surface area (Å²) in [5.74, 6) is 0.734. The molecule has 1 saturated heterocycles. The molecule has 1 heterocycles. The fourth-order valence-corrected chi connectivity index (χ4v) is 1.96. The SMILES string of the molecule is CC(=O)N1CCCN(C(=O)CC(C)C)CC1. The minimum Gasteiger partial charge on any atom is -0.341 e. The van der Waals surface area contributed by atoms with E-state index in [1.54, 1.807) is 6.92 Å². The van der Waals surface area contributed by atoms with Gasteiger partial charge in [-0.15, -0.1) is 0 Å². The quantitative estimate of drug-likeness (QED) is 0.708. The Hall–Kier alpha value is -1.06. The van der Waals surface area contributed by atoms with E-state index in [9.17, 15) is 9.59 Å². The van der Waals surface area contributed by atoms with E-state index < -0.39 is 0 Å². The number of rotatable bonds is 2. The molecule has 4 heteroatoms. The van der Waals surface area contributed by atoms with Crippen molar-refractivity contribution in [3.63, 3.8) is 0 Å². The summed E-state index contributed by atoms with van der Waals surface area (Å²) in [6, 6.07) is 0. The standard InChI is InChI=1S/C12H22N2O2/c1-10(2)9-12(16)14-6-4-5-13(7-8-14)11(3)15/h10H,4-9H2,1-3H3. The zero-order valence-electron chi connectivity index (χ0n) is 10.5. The van der Waals surface area contributed by atoms with E-state index in [0.717, 1.165) is 19.5 Å². The van der Waals surface area contributed by atoms with E-state index in [1.165, 1.54) is 0 Å². The molecule has 0 aromatic heterocycles. The minimum absolute atomic E-state index is 0.109. The second kappa shape index (κ2) is 5.87. The first-order chi connectivity index (χ1) is 7.50. The van der Waals surface area contributed by atoms with Crippen LogP contribution >= 0.6 is 0 Å². The summed E-state index contributed by atoms with van der Waals surface area (Å²) < 4.78 is 0. The maximum Gasteiger partial charge on any atom is 0.222 e. The number of amides is 2. The van der Waals surface area contributed by atoms with E-state index in [2.05, 4.69) is 13.8 Å². The van der Waals surface area contributed by atoms with Gasteiger partial charge >= 0.3 is 0 Å². The highest BCUT2D eigenvalue weighted by Crippen LogP contribution is 2.08. The van der Waals surface area contributed by atoms with Gasteiger partial charge in [0, 0.05) is 39.5 Å². The van der Waals surface area contributed by atoms with Crippen LogP contribution in [0.25, 0.3) is 0 Å². The minimum atomic E-state index is 0.109. The first-order valence-electron chi connectivity index (χ1n) is 6.04. The van der Waals surface area contributed by atoms with Crippen LogP contribution in [0.2, 0.25) is 0 Å². The molecule has 92 valence electrons. The second-order valence-corrected chi connectivity index (χ2v) is 4.84. The number of carbonyl (C=O) groups is 2. The number of nitrogens with zero attached hydrogens (tertiary/aromatic N) is 2. The van der Waals surface area contributed by atoms with Gasteiger partial charge in [0.2, 0.25) is 11.8 Å². The third kappa shape index (κ3) is 3.83. The van der Waals surface area contributed by atoms with Crippen molar-refractivity contribution in [2.45, 2.75) is 33.6 Å². The zero-order valence-corrected chi connectivity index (χ0v) is 10.5.